The molecule has 22 heavy (non-hydrogen) atoms. The lowest BCUT2D eigenvalue weighted by Crippen LogP contribution is -2.49. The number of aliphatic hydroxyl groups is 1. The first-order chi connectivity index (χ1) is 10.3. The summed E-state index contributed by atoms with van der Waals surface area (Å²) in [4.78, 5) is 0. The fourth-order valence-corrected chi connectivity index (χ4v) is 3.01. The highest BCUT2D eigenvalue weighted by Crippen LogP contribution is 2.13. The molecule has 0 amide bonds. The van der Waals surface area contributed by atoms with E-state index in [1.165, 1.54) is 12.8 Å². The summed E-state index contributed by atoms with van der Waals surface area (Å²) in [5.74, 6) is 2.65. The van der Waals surface area contributed by atoms with Gasteiger partial charge in [-0.3, -0.25) is 0 Å². The van der Waals surface area contributed by atoms with E-state index in [1.807, 2.05) is 0 Å². The minimum atomic E-state index is 0.214. The third-order valence-electron chi connectivity index (χ3n) is 5.06. The van der Waals surface area contributed by atoms with Crippen molar-refractivity contribution in [3.05, 3.63) is 0 Å². The number of rotatable bonds is 13. The number of hydrogen-bond acceptors (Lipinski definition) is 3. The molecule has 0 aliphatic rings. The van der Waals surface area contributed by atoms with Crippen LogP contribution in [-0.4, -0.2) is 36.9 Å². The first kappa shape index (κ1) is 21.9. The Morgan fingerprint density at radius 2 is 1.27 bits per heavy atom. The quantitative estimate of drug-likeness (QED) is 0.486. The summed E-state index contributed by atoms with van der Waals surface area (Å²) in [7, 11) is 0. The average Bonchev–Trinajstić information content (AvgIpc) is 2.48. The summed E-state index contributed by atoms with van der Waals surface area (Å²) in [5.41, 5.74) is 0. The zero-order valence-electron chi connectivity index (χ0n) is 16.2. The van der Waals surface area contributed by atoms with Crippen molar-refractivity contribution in [1.82, 2.24) is 10.6 Å². The molecule has 5 unspecified atom stereocenters. The van der Waals surface area contributed by atoms with E-state index in [4.69, 9.17) is 0 Å². The Hall–Kier alpha value is -0.120. The Labute approximate surface area is 139 Å². The molecule has 5 atom stereocenters. The van der Waals surface area contributed by atoms with Gasteiger partial charge in [0.1, 0.15) is 0 Å². The van der Waals surface area contributed by atoms with Crippen LogP contribution in [0.25, 0.3) is 0 Å². The normalized spacial score (nSPS) is 19.0. The van der Waals surface area contributed by atoms with Crippen molar-refractivity contribution in [3.63, 3.8) is 0 Å². The van der Waals surface area contributed by atoms with Crippen LogP contribution in [0.15, 0.2) is 0 Å². The first-order valence-corrected chi connectivity index (χ1v) is 9.43. The summed E-state index contributed by atoms with van der Waals surface area (Å²) in [6, 6.07) is 0.698. The second-order valence-corrected chi connectivity index (χ2v) is 7.72. The van der Waals surface area contributed by atoms with E-state index in [2.05, 4.69) is 59.1 Å². The van der Waals surface area contributed by atoms with Crippen molar-refractivity contribution in [2.45, 2.75) is 79.8 Å². The highest BCUT2D eigenvalue weighted by atomic mass is 16.3. The molecule has 3 heteroatoms. The summed E-state index contributed by atoms with van der Waals surface area (Å²) in [5, 5.41) is 16.9. The van der Waals surface area contributed by atoms with E-state index in [0.29, 0.717) is 17.9 Å². The molecule has 0 aliphatic carbocycles. The van der Waals surface area contributed by atoms with Gasteiger partial charge in [-0.2, -0.15) is 0 Å². The van der Waals surface area contributed by atoms with Gasteiger partial charge in [0.25, 0.3) is 0 Å². The minimum Gasteiger partial charge on any atom is -0.395 e. The van der Waals surface area contributed by atoms with Gasteiger partial charge in [0.2, 0.25) is 0 Å². The maximum Gasteiger partial charge on any atom is 0.0587 e. The van der Waals surface area contributed by atoms with Gasteiger partial charge in [0.05, 0.1) is 6.61 Å². The van der Waals surface area contributed by atoms with Gasteiger partial charge in [0.15, 0.2) is 0 Å². The lowest BCUT2D eigenvalue weighted by atomic mass is 9.94. The second-order valence-electron chi connectivity index (χ2n) is 7.72. The molecule has 0 fully saturated rings. The third-order valence-corrected chi connectivity index (χ3v) is 5.06. The molecule has 3 N–H and O–H groups in total. The molecule has 0 saturated heterocycles. The second kappa shape index (κ2) is 12.3. The van der Waals surface area contributed by atoms with Crippen molar-refractivity contribution in [2.75, 3.05) is 19.7 Å². The van der Waals surface area contributed by atoms with Crippen molar-refractivity contribution >= 4 is 0 Å². The van der Waals surface area contributed by atoms with E-state index in [1.54, 1.807) is 0 Å². The van der Waals surface area contributed by atoms with Crippen molar-refractivity contribution in [3.8, 4) is 0 Å². The van der Waals surface area contributed by atoms with Crippen molar-refractivity contribution in [2.24, 2.45) is 23.7 Å². The van der Waals surface area contributed by atoms with Crippen LogP contribution in [0.4, 0.5) is 0 Å². The smallest absolute Gasteiger partial charge is 0.0587 e. The Morgan fingerprint density at radius 1 is 0.773 bits per heavy atom. The molecule has 134 valence electrons. The van der Waals surface area contributed by atoms with E-state index in [9.17, 15) is 5.11 Å². The SMILES string of the molecule is CCC(C)C(CO)NCC(NCC(C)CC(C)C)C(C)CC. The molecule has 0 aromatic rings. The average molecular weight is 315 g/mol. The molecule has 3 nitrogen and oxygen atoms in total. The summed E-state index contributed by atoms with van der Waals surface area (Å²) < 4.78 is 0. The molecular formula is C19H42N2O. The fraction of sp³-hybridized carbons (Fsp3) is 1.00. The van der Waals surface area contributed by atoms with Gasteiger partial charge in [-0.15, -0.1) is 0 Å². The van der Waals surface area contributed by atoms with Crippen LogP contribution >= 0.6 is 0 Å². The van der Waals surface area contributed by atoms with E-state index in [-0.39, 0.29) is 12.6 Å². The van der Waals surface area contributed by atoms with Gasteiger partial charge >= 0.3 is 0 Å². The predicted octanol–water partition coefficient (Wildman–Crippen LogP) is 3.67. The molecule has 0 bridgehead atoms. The van der Waals surface area contributed by atoms with Crippen LogP contribution in [0.1, 0.15) is 67.7 Å². The molecule has 0 radical (unpaired) electrons. The number of aliphatic hydroxyl groups excluding tert-OH is 1. The number of hydrogen-bond donors (Lipinski definition) is 3. The minimum absolute atomic E-state index is 0.214. The molecule has 0 aromatic carbocycles. The summed E-state index contributed by atoms with van der Waals surface area (Å²) in [6.07, 6.45) is 3.57. The van der Waals surface area contributed by atoms with E-state index >= 15 is 0 Å². The van der Waals surface area contributed by atoms with Gasteiger partial charge in [-0.1, -0.05) is 61.3 Å². The topological polar surface area (TPSA) is 44.3 Å². The lowest BCUT2D eigenvalue weighted by Gasteiger charge is -2.30. The van der Waals surface area contributed by atoms with Crippen LogP contribution in [0.5, 0.6) is 0 Å². The zero-order chi connectivity index (χ0) is 17.1. The largest absolute Gasteiger partial charge is 0.395 e. The van der Waals surface area contributed by atoms with E-state index < -0.39 is 0 Å². The Balaban J connectivity index is 4.39. The molecule has 0 aliphatic heterocycles. The Morgan fingerprint density at radius 3 is 1.73 bits per heavy atom. The summed E-state index contributed by atoms with van der Waals surface area (Å²) in [6.45, 7) is 18.2. The predicted molar refractivity (Wildman–Crippen MR) is 98.2 cm³/mol. The van der Waals surface area contributed by atoms with Gasteiger partial charge < -0.3 is 15.7 Å². The van der Waals surface area contributed by atoms with Crippen molar-refractivity contribution < 1.29 is 5.11 Å². The van der Waals surface area contributed by atoms with Crippen LogP contribution in [0.2, 0.25) is 0 Å². The highest BCUT2D eigenvalue weighted by Gasteiger charge is 2.20. The number of nitrogens with one attached hydrogen (secondary N) is 2. The van der Waals surface area contributed by atoms with Crippen LogP contribution in [-0.2, 0) is 0 Å². The van der Waals surface area contributed by atoms with Gasteiger partial charge in [0, 0.05) is 18.6 Å². The molecule has 0 rings (SSSR count). The maximum atomic E-state index is 9.57. The monoisotopic (exact) mass is 314 g/mol. The highest BCUT2D eigenvalue weighted by molar-refractivity contribution is 4.80. The molecular weight excluding hydrogens is 272 g/mol. The van der Waals surface area contributed by atoms with Crippen LogP contribution < -0.4 is 10.6 Å². The molecule has 0 saturated carbocycles. The molecule has 0 spiro atoms. The van der Waals surface area contributed by atoms with Crippen LogP contribution in [0, 0.1) is 23.7 Å². The first-order valence-electron chi connectivity index (χ1n) is 9.43. The standard InChI is InChI=1S/C19H42N2O/c1-8-16(6)18(20-11-15(5)10-14(3)4)12-21-19(13-22)17(7)9-2/h14-22H,8-13H2,1-7H3. The van der Waals surface area contributed by atoms with Gasteiger partial charge in [-0.25, -0.2) is 0 Å². The Kier molecular flexibility index (Phi) is 12.3. The van der Waals surface area contributed by atoms with Gasteiger partial charge in [-0.05, 0) is 36.6 Å². The van der Waals surface area contributed by atoms with E-state index in [0.717, 1.165) is 31.3 Å². The maximum absolute atomic E-state index is 9.57. The Bertz CT molecular complexity index is 258. The summed E-state index contributed by atoms with van der Waals surface area (Å²) >= 11 is 0. The molecule has 0 aromatic heterocycles. The zero-order valence-corrected chi connectivity index (χ0v) is 16.2. The molecule has 0 heterocycles. The third kappa shape index (κ3) is 9.12. The fourth-order valence-electron chi connectivity index (χ4n) is 3.01. The van der Waals surface area contributed by atoms with Crippen molar-refractivity contribution in [1.29, 1.82) is 0 Å². The van der Waals surface area contributed by atoms with Crippen LogP contribution in [0.3, 0.4) is 0 Å². The lowest BCUT2D eigenvalue weighted by molar-refractivity contribution is 0.192.